The molecule has 1 N–H and O–H groups in total. The molecule has 2 heteroatoms. The summed E-state index contributed by atoms with van der Waals surface area (Å²) in [6.45, 7) is 3.75. The molecule has 1 unspecified atom stereocenters. The Bertz CT molecular complexity index is 106. The lowest BCUT2D eigenvalue weighted by Gasteiger charge is -2.26. The minimum Gasteiger partial charge on any atom is -0.314 e. The van der Waals surface area contributed by atoms with Crippen molar-refractivity contribution in [1.82, 2.24) is 5.32 Å². The van der Waals surface area contributed by atoms with Gasteiger partial charge in [0.1, 0.15) is 6.17 Å². The minimum atomic E-state index is -0.588. The van der Waals surface area contributed by atoms with Crippen LogP contribution in [0.4, 0.5) is 4.39 Å². The molecule has 0 aliphatic carbocycles. The second-order valence-corrected chi connectivity index (χ2v) is 3.41. The zero-order valence-corrected chi connectivity index (χ0v) is 7.28. The van der Waals surface area contributed by atoms with E-state index < -0.39 is 6.17 Å². The maximum absolute atomic E-state index is 13.1. The summed E-state index contributed by atoms with van der Waals surface area (Å²) < 4.78 is 13.1. The zero-order chi connectivity index (χ0) is 8.10. The smallest absolute Gasteiger partial charge is 0.115 e. The largest absolute Gasteiger partial charge is 0.314 e. The van der Waals surface area contributed by atoms with Crippen molar-refractivity contribution >= 4 is 0 Å². The number of hydrogen-bond acceptors (Lipinski definition) is 1. The highest BCUT2D eigenvalue weighted by Gasteiger charge is 2.23. The lowest BCUT2D eigenvalue weighted by Crippen LogP contribution is -2.37. The number of hydrogen-bond donors (Lipinski definition) is 1. The summed E-state index contributed by atoms with van der Waals surface area (Å²) in [6.07, 6.45) is 3.90. The SMILES string of the molecule is CCCCC1CCNC[C@H]1F. The van der Waals surface area contributed by atoms with E-state index in [4.69, 9.17) is 0 Å². The summed E-state index contributed by atoms with van der Waals surface area (Å²) in [6, 6.07) is 0. The van der Waals surface area contributed by atoms with Crippen molar-refractivity contribution in [3.63, 3.8) is 0 Å². The molecule has 0 aromatic heterocycles. The topological polar surface area (TPSA) is 12.0 Å². The molecule has 1 aliphatic rings. The van der Waals surface area contributed by atoms with Gasteiger partial charge in [0, 0.05) is 6.54 Å². The van der Waals surface area contributed by atoms with E-state index in [0.29, 0.717) is 12.5 Å². The van der Waals surface area contributed by atoms with Crippen molar-refractivity contribution in [2.75, 3.05) is 13.1 Å². The van der Waals surface area contributed by atoms with Crippen molar-refractivity contribution < 1.29 is 4.39 Å². The molecule has 0 saturated carbocycles. The van der Waals surface area contributed by atoms with Crippen molar-refractivity contribution in [1.29, 1.82) is 0 Å². The second kappa shape index (κ2) is 4.70. The molecule has 0 aromatic rings. The van der Waals surface area contributed by atoms with Gasteiger partial charge in [-0.25, -0.2) is 4.39 Å². The van der Waals surface area contributed by atoms with Gasteiger partial charge in [0.05, 0.1) is 0 Å². The molecule has 0 aromatic carbocycles. The fourth-order valence-corrected chi connectivity index (χ4v) is 1.67. The number of halogens is 1. The van der Waals surface area contributed by atoms with Gasteiger partial charge in [-0.3, -0.25) is 0 Å². The van der Waals surface area contributed by atoms with Gasteiger partial charge in [-0.1, -0.05) is 19.8 Å². The Morgan fingerprint density at radius 2 is 2.36 bits per heavy atom. The zero-order valence-electron chi connectivity index (χ0n) is 7.28. The molecular weight excluding hydrogens is 141 g/mol. The fraction of sp³-hybridized carbons (Fsp3) is 1.00. The summed E-state index contributed by atoms with van der Waals surface area (Å²) in [5, 5.41) is 3.07. The summed E-state index contributed by atoms with van der Waals surface area (Å²) >= 11 is 0. The summed E-state index contributed by atoms with van der Waals surface area (Å²) in [5.74, 6) is 0.344. The van der Waals surface area contributed by atoms with Crippen LogP contribution in [0.5, 0.6) is 0 Å². The third-order valence-corrected chi connectivity index (χ3v) is 2.47. The first-order valence-electron chi connectivity index (χ1n) is 4.69. The maximum atomic E-state index is 13.1. The minimum absolute atomic E-state index is 0.344. The first kappa shape index (κ1) is 8.98. The highest BCUT2D eigenvalue weighted by molar-refractivity contribution is 4.77. The maximum Gasteiger partial charge on any atom is 0.115 e. The van der Waals surface area contributed by atoms with E-state index >= 15 is 0 Å². The van der Waals surface area contributed by atoms with Crippen LogP contribution in [-0.2, 0) is 0 Å². The highest BCUT2D eigenvalue weighted by Crippen LogP contribution is 2.21. The summed E-state index contributed by atoms with van der Waals surface area (Å²) in [5.41, 5.74) is 0. The number of rotatable bonds is 3. The van der Waals surface area contributed by atoms with Crippen molar-refractivity contribution in [3.05, 3.63) is 0 Å². The van der Waals surface area contributed by atoms with E-state index in [2.05, 4.69) is 12.2 Å². The van der Waals surface area contributed by atoms with Crippen LogP contribution in [-0.4, -0.2) is 19.3 Å². The van der Waals surface area contributed by atoms with E-state index in [1.54, 1.807) is 0 Å². The van der Waals surface area contributed by atoms with E-state index in [0.717, 1.165) is 19.4 Å². The number of unbranched alkanes of at least 4 members (excludes halogenated alkanes) is 1. The van der Waals surface area contributed by atoms with Gasteiger partial charge in [0.15, 0.2) is 0 Å². The molecule has 2 atom stereocenters. The van der Waals surface area contributed by atoms with Crippen LogP contribution < -0.4 is 5.32 Å². The molecular formula is C9H18FN. The molecule has 1 heterocycles. The fourth-order valence-electron chi connectivity index (χ4n) is 1.67. The van der Waals surface area contributed by atoms with Crippen LogP contribution >= 0.6 is 0 Å². The molecule has 1 nitrogen and oxygen atoms in total. The van der Waals surface area contributed by atoms with Crippen LogP contribution in [0.2, 0.25) is 0 Å². The molecule has 1 fully saturated rings. The van der Waals surface area contributed by atoms with Crippen molar-refractivity contribution in [3.8, 4) is 0 Å². The number of nitrogens with one attached hydrogen (secondary N) is 1. The number of piperidine rings is 1. The lowest BCUT2D eigenvalue weighted by molar-refractivity contribution is 0.169. The molecule has 0 radical (unpaired) electrons. The predicted molar refractivity (Wildman–Crippen MR) is 45.4 cm³/mol. The first-order chi connectivity index (χ1) is 5.34. The van der Waals surface area contributed by atoms with Gasteiger partial charge < -0.3 is 5.32 Å². The van der Waals surface area contributed by atoms with E-state index in [1.807, 2.05) is 0 Å². The number of alkyl halides is 1. The van der Waals surface area contributed by atoms with Crippen molar-refractivity contribution in [2.24, 2.45) is 5.92 Å². The molecule has 1 aliphatic heterocycles. The van der Waals surface area contributed by atoms with Gasteiger partial charge in [0.25, 0.3) is 0 Å². The third-order valence-electron chi connectivity index (χ3n) is 2.47. The van der Waals surface area contributed by atoms with E-state index in [-0.39, 0.29) is 0 Å². The Hall–Kier alpha value is -0.110. The average Bonchev–Trinajstić information content (AvgIpc) is 2.03. The predicted octanol–water partition coefficient (Wildman–Crippen LogP) is 2.12. The lowest BCUT2D eigenvalue weighted by atomic mass is 9.91. The van der Waals surface area contributed by atoms with Crippen LogP contribution in [0.3, 0.4) is 0 Å². The van der Waals surface area contributed by atoms with Crippen LogP contribution in [0.25, 0.3) is 0 Å². The Morgan fingerprint density at radius 1 is 1.55 bits per heavy atom. The van der Waals surface area contributed by atoms with E-state index in [1.165, 1.54) is 12.8 Å². The van der Waals surface area contributed by atoms with Crippen LogP contribution in [0.1, 0.15) is 32.6 Å². The Labute approximate surface area is 68.4 Å². The molecule has 11 heavy (non-hydrogen) atoms. The molecule has 0 amide bonds. The summed E-state index contributed by atoms with van der Waals surface area (Å²) in [4.78, 5) is 0. The molecule has 66 valence electrons. The molecule has 0 spiro atoms. The van der Waals surface area contributed by atoms with Crippen LogP contribution in [0, 0.1) is 5.92 Å². The average molecular weight is 159 g/mol. The summed E-state index contributed by atoms with van der Waals surface area (Å²) in [7, 11) is 0. The van der Waals surface area contributed by atoms with Gasteiger partial charge in [0.2, 0.25) is 0 Å². The molecule has 1 rings (SSSR count). The van der Waals surface area contributed by atoms with Gasteiger partial charge in [-0.2, -0.15) is 0 Å². The standard InChI is InChI=1S/C9H18FN/c1-2-3-4-8-5-6-11-7-9(8)10/h8-9,11H,2-7H2,1H3/t8?,9-/m1/s1. The monoisotopic (exact) mass is 159 g/mol. The first-order valence-corrected chi connectivity index (χ1v) is 4.69. The Morgan fingerprint density at radius 3 is 3.00 bits per heavy atom. The molecule has 0 bridgehead atoms. The van der Waals surface area contributed by atoms with Crippen molar-refractivity contribution in [2.45, 2.75) is 38.8 Å². The second-order valence-electron chi connectivity index (χ2n) is 3.41. The third kappa shape index (κ3) is 2.78. The normalized spacial score (nSPS) is 32.2. The highest BCUT2D eigenvalue weighted by atomic mass is 19.1. The quantitative estimate of drug-likeness (QED) is 0.665. The van der Waals surface area contributed by atoms with Crippen LogP contribution in [0.15, 0.2) is 0 Å². The van der Waals surface area contributed by atoms with Gasteiger partial charge in [-0.05, 0) is 25.3 Å². The Balaban J connectivity index is 2.18. The molecule has 1 saturated heterocycles. The Kier molecular flexibility index (Phi) is 3.84. The van der Waals surface area contributed by atoms with Gasteiger partial charge >= 0.3 is 0 Å². The van der Waals surface area contributed by atoms with E-state index in [9.17, 15) is 4.39 Å². The van der Waals surface area contributed by atoms with Gasteiger partial charge in [-0.15, -0.1) is 0 Å².